The molecule has 0 aliphatic heterocycles. The first-order valence-electron chi connectivity index (χ1n) is 7.68. The number of aromatic nitrogens is 1. The van der Waals surface area contributed by atoms with Crippen LogP contribution in [0.4, 0.5) is 0 Å². The van der Waals surface area contributed by atoms with Crippen molar-refractivity contribution in [2.45, 2.75) is 32.5 Å². The summed E-state index contributed by atoms with van der Waals surface area (Å²) in [4.78, 5) is 4.25. The Bertz CT molecular complexity index is 551. The van der Waals surface area contributed by atoms with Crippen LogP contribution in [0, 0.1) is 0 Å². The number of pyridine rings is 1. The van der Waals surface area contributed by atoms with Gasteiger partial charge in [-0.15, -0.1) is 0 Å². The average Bonchev–Trinajstić information content (AvgIpc) is 2.57. The lowest BCUT2D eigenvalue weighted by atomic mass is 10.2. The summed E-state index contributed by atoms with van der Waals surface area (Å²) in [7, 11) is 0. The predicted molar refractivity (Wildman–Crippen MR) is 89.8 cm³/mol. The van der Waals surface area contributed by atoms with Gasteiger partial charge in [-0.1, -0.05) is 50.3 Å². The van der Waals surface area contributed by atoms with E-state index < -0.39 is 0 Å². The van der Waals surface area contributed by atoms with Crippen molar-refractivity contribution in [3.05, 3.63) is 66.5 Å². The highest BCUT2D eigenvalue weighted by Gasteiger charge is 2.10. The van der Waals surface area contributed by atoms with E-state index in [4.69, 9.17) is 9.47 Å². The largest absolute Gasteiger partial charge is 0.486 e. The van der Waals surface area contributed by atoms with Crippen LogP contribution in [-0.2, 0) is 11.3 Å². The molecule has 0 spiro atoms. The van der Waals surface area contributed by atoms with Gasteiger partial charge in [-0.2, -0.15) is 0 Å². The Hall–Kier alpha value is -2.13. The Balaban J connectivity index is 1.84. The monoisotopic (exact) mass is 297 g/mol. The second-order valence-corrected chi connectivity index (χ2v) is 5.15. The molecule has 1 aromatic carbocycles. The van der Waals surface area contributed by atoms with E-state index in [1.807, 2.05) is 30.3 Å². The van der Waals surface area contributed by atoms with Crippen molar-refractivity contribution in [3.63, 3.8) is 0 Å². The fraction of sp³-hybridized carbons (Fsp3) is 0.316. The van der Waals surface area contributed by atoms with Gasteiger partial charge in [0.05, 0.1) is 25.1 Å². The van der Waals surface area contributed by atoms with E-state index in [0.29, 0.717) is 13.2 Å². The molecule has 3 nitrogen and oxygen atoms in total. The molecule has 2 aromatic rings. The predicted octanol–water partition coefficient (Wildman–Crippen LogP) is 4.49. The summed E-state index contributed by atoms with van der Waals surface area (Å²) in [5, 5.41) is 0. The van der Waals surface area contributed by atoms with E-state index in [9.17, 15) is 0 Å². The second kappa shape index (κ2) is 9.00. The zero-order valence-electron chi connectivity index (χ0n) is 13.1. The summed E-state index contributed by atoms with van der Waals surface area (Å²) in [6.07, 6.45) is 5.51. The first-order chi connectivity index (χ1) is 10.8. The maximum Gasteiger partial charge on any atom is 0.138 e. The third kappa shape index (κ3) is 5.34. The number of rotatable bonds is 9. The van der Waals surface area contributed by atoms with Crippen molar-refractivity contribution >= 4 is 6.08 Å². The van der Waals surface area contributed by atoms with Crippen LogP contribution >= 0.6 is 0 Å². The SMILES string of the molecule is C=Cc1ccc(OC(CCC)COCc2ccccc2)cn1. The van der Waals surface area contributed by atoms with Crippen molar-refractivity contribution in [3.8, 4) is 5.75 Å². The van der Waals surface area contributed by atoms with Gasteiger partial charge in [0.2, 0.25) is 0 Å². The molecule has 0 saturated carbocycles. The Morgan fingerprint density at radius 1 is 1.18 bits per heavy atom. The molecular weight excluding hydrogens is 274 g/mol. The van der Waals surface area contributed by atoms with Crippen LogP contribution in [0.3, 0.4) is 0 Å². The third-order valence-electron chi connectivity index (χ3n) is 3.30. The van der Waals surface area contributed by atoms with E-state index in [1.165, 1.54) is 5.56 Å². The van der Waals surface area contributed by atoms with Gasteiger partial charge >= 0.3 is 0 Å². The minimum atomic E-state index is 0.0464. The van der Waals surface area contributed by atoms with Crippen LogP contribution in [-0.4, -0.2) is 17.7 Å². The van der Waals surface area contributed by atoms with Gasteiger partial charge in [0.15, 0.2) is 0 Å². The van der Waals surface area contributed by atoms with Gasteiger partial charge in [0.1, 0.15) is 11.9 Å². The average molecular weight is 297 g/mol. The maximum atomic E-state index is 5.97. The highest BCUT2D eigenvalue weighted by Crippen LogP contribution is 2.15. The molecule has 2 rings (SSSR count). The fourth-order valence-electron chi connectivity index (χ4n) is 2.16. The molecule has 0 bridgehead atoms. The summed E-state index contributed by atoms with van der Waals surface area (Å²) < 4.78 is 11.8. The van der Waals surface area contributed by atoms with Gasteiger partial charge in [-0.25, -0.2) is 0 Å². The zero-order valence-corrected chi connectivity index (χ0v) is 13.1. The number of benzene rings is 1. The van der Waals surface area contributed by atoms with E-state index in [2.05, 4.69) is 30.6 Å². The molecule has 1 atom stereocenters. The van der Waals surface area contributed by atoms with Crippen LogP contribution in [0.25, 0.3) is 6.08 Å². The third-order valence-corrected chi connectivity index (χ3v) is 3.30. The minimum Gasteiger partial charge on any atom is -0.486 e. The summed E-state index contributed by atoms with van der Waals surface area (Å²) in [5.41, 5.74) is 2.02. The molecule has 0 aliphatic carbocycles. The minimum absolute atomic E-state index is 0.0464. The lowest BCUT2D eigenvalue weighted by Crippen LogP contribution is -2.23. The fourth-order valence-corrected chi connectivity index (χ4v) is 2.16. The van der Waals surface area contributed by atoms with E-state index in [-0.39, 0.29) is 6.10 Å². The van der Waals surface area contributed by atoms with Crippen LogP contribution in [0.1, 0.15) is 31.0 Å². The van der Waals surface area contributed by atoms with Gasteiger partial charge in [0.25, 0.3) is 0 Å². The van der Waals surface area contributed by atoms with Gasteiger partial charge in [-0.05, 0) is 30.2 Å². The molecule has 0 fully saturated rings. The summed E-state index contributed by atoms with van der Waals surface area (Å²) >= 11 is 0. The van der Waals surface area contributed by atoms with Crippen LogP contribution < -0.4 is 4.74 Å². The van der Waals surface area contributed by atoms with E-state index >= 15 is 0 Å². The summed E-state index contributed by atoms with van der Waals surface area (Å²) in [5.74, 6) is 0.771. The lowest BCUT2D eigenvalue weighted by Gasteiger charge is -2.18. The number of ether oxygens (including phenoxy) is 2. The molecule has 1 unspecified atom stereocenters. The first kappa shape index (κ1) is 16.2. The van der Waals surface area contributed by atoms with Gasteiger partial charge < -0.3 is 9.47 Å². The second-order valence-electron chi connectivity index (χ2n) is 5.15. The standard InChI is InChI=1S/C19H23NO2/c1-3-8-19(15-21-14-16-9-6-5-7-10-16)22-18-12-11-17(4-2)20-13-18/h4-7,9-13,19H,2-3,8,14-15H2,1H3. The van der Waals surface area contributed by atoms with Crippen LogP contribution in [0.5, 0.6) is 5.75 Å². The normalized spacial score (nSPS) is 11.9. The quantitative estimate of drug-likeness (QED) is 0.683. The molecule has 1 aromatic heterocycles. The smallest absolute Gasteiger partial charge is 0.138 e. The van der Waals surface area contributed by atoms with Crippen molar-refractivity contribution < 1.29 is 9.47 Å². The number of hydrogen-bond donors (Lipinski definition) is 0. The number of hydrogen-bond acceptors (Lipinski definition) is 3. The molecule has 0 radical (unpaired) electrons. The molecule has 116 valence electrons. The molecule has 0 aliphatic rings. The highest BCUT2D eigenvalue weighted by atomic mass is 16.5. The molecular formula is C19H23NO2. The topological polar surface area (TPSA) is 31.4 Å². The van der Waals surface area contributed by atoms with Crippen LogP contribution in [0.2, 0.25) is 0 Å². The van der Waals surface area contributed by atoms with E-state index in [1.54, 1.807) is 12.3 Å². The van der Waals surface area contributed by atoms with Gasteiger partial charge in [-0.3, -0.25) is 4.98 Å². The highest BCUT2D eigenvalue weighted by molar-refractivity contribution is 5.42. The lowest BCUT2D eigenvalue weighted by molar-refractivity contribution is 0.0368. The molecule has 0 amide bonds. The maximum absolute atomic E-state index is 5.97. The van der Waals surface area contributed by atoms with Crippen molar-refractivity contribution in [1.29, 1.82) is 0 Å². The molecule has 22 heavy (non-hydrogen) atoms. The number of nitrogens with zero attached hydrogens (tertiary/aromatic N) is 1. The zero-order chi connectivity index (χ0) is 15.6. The van der Waals surface area contributed by atoms with Crippen molar-refractivity contribution in [2.24, 2.45) is 0 Å². The Morgan fingerprint density at radius 2 is 2.00 bits per heavy atom. The molecule has 0 N–H and O–H groups in total. The van der Waals surface area contributed by atoms with Gasteiger partial charge in [0, 0.05) is 0 Å². The molecule has 0 saturated heterocycles. The Labute approximate surface area is 132 Å². The summed E-state index contributed by atoms with van der Waals surface area (Å²) in [6, 6.07) is 14.0. The van der Waals surface area contributed by atoms with Crippen molar-refractivity contribution in [1.82, 2.24) is 4.98 Å². The van der Waals surface area contributed by atoms with Crippen molar-refractivity contribution in [2.75, 3.05) is 6.61 Å². The van der Waals surface area contributed by atoms with Crippen LogP contribution in [0.15, 0.2) is 55.2 Å². The molecule has 1 heterocycles. The first-order valence-corrected chi connectivity index (χ1v) is 7.68. The molecule has 3 heteroatoms. The van der Waals surface area contributed by atoms with E-state index in [0.717, 1.165) is 24.3 Å². The Morgan fingerprint density at radius 3 is 2.64 bits per heavy atom. The summed E-state index contributed by atoms with van der Waals surface area (Å²) in [6.45, 7) is 7.03. The Kier molecular flexibility index (Phi) is 6.65.